The number of rotatable bonds is 7. The second-order valence-electron chi connectivity index (χ2n) is 6.43. The van der Waals surface area contributed by atoms with E-state index in [-0.39, 0.29) is 12.1 Å². The van der Waals surface area contributed by atoms with Gasteiger partial charge in [0.05, 0.1) is 13.2 Å². The topological polar surface area (TPSA) is 49.8 Å². The number of benzene rings is 1. The van der Waals surface area contributed by atoms with Gasteiger partial charge in [0.1, 0.15) is 5.75 Å². The van der Waals surface area contributed by atoms with Gasteiger partial charge in [-0.3, -0.25) is 9.69 Å². The van der Waals surface area contributed by atoms with Crippen LogP contribution in [0, 0.1) is 13.8 Å². The van der Waals surface area contributed by atoms with Crippen LogP contribution in [0.3, 0.4) is 0 Å². The van der Waals surface area contributed by atoms with Crippen molar-refractivity contribution in [2.45, 2.75) is 46.6 Å². The van der Waals surface area contributed by atoms with Gasteiger partial charge in [0.25, 0.3) is 0 Å². The molecular formula is C17H27NO3. The lowest BCUT2D eigenvalue weighted by molar-refractivity contribution is -0.139. The fourth-order valence-corrected chi connectivity index (χ4v) is 2.06. The van der Waals surface area contributed by atoms with Gasteiger partial charge in [-0.1, -0.05) is 6.07 Å². The largest absolute Gasteiger partial charge is 0.494 e. The summed E-state index contributed by atoms with van der Waals surface area (Å²) in [6.45, 7) is 11.6. The lowest BCUT2D eigenvalue weighted by atomic mass is 10.1. The van der Waals surface area contributed by atoms with Gasteiger partial charge >= 0.3 is 5.97 Å². The number of carboxylic acid groups (broad SMARTS) is 1. The van der Waals surface area contributed by atoms with Crippen molar-refractivity contribution in [3.8, 4) is 5.75 Å². The molecule has 0 aromatic heterocycles. The van der Waals surface area contributed by atoms with Crippen molar-refractivity contribution in [3.05, 3.63) is 29.3 Å². The second kappa shape index (κ2) is 7.46. The van der Waals surface area contributed by atoms with Gasteiger partial charge in [0, 0.05) is 12.1 Å². The fourth-order valence-electron chi connectivity index (χ4n) is 2.06. The Labute approximate surface area is 127 Å². The smallest absolute Gasteiger partial charge is 0.317 e. The summed E-state index contributed by atoms with van der Waals surface area (Å²) in [4.78, 5) is 12.9. The van der Waals surface area contributed by atoms with Gasteiger partial charge in [0.15, 0.2) is 0 Å². The minimum absolute atomic E-state index is 0.0626. The first-order valence-corrected chi connectivity index (χ1v) is 7.37. The van der Waals surface area contributed by atoms with Crippen LogP contribution in [0.5, 0.6) is 5.75 Å². The van der Waals surface area contributed by atoms with Crippen molar-refractivity contribution in [3.63, 3.8) is 0 Å². The summed E-state index contributed by atoms with van der Waals surface area (Å²) in [7, 11) is 0. The molecule has 21 heavy (non-hydrogen) atoms. The van der Waals surface area contributed by atoms with E-state index in [4.69, 9.17) is 9.84 Å². The molecule has 0 atom stereocenters. The van der Waals surface area contributed by atoms with E-state index in [1.807, 2.05) is 37.8 Å². The lowest BCUT2D eigenvalue weighted by Gasteiger charge is -2.34. The van der Waals surface area contributed by atoms with Crippen LogP contribution >= 0.6 is 0 Å². The first kappa shape index (κ1) is 17.5. The van der Waals surface area contributed by atoms with Crippen LogP contribution in [0.2, 0.25) is 0 Å². The average molecular weight is 293 g/mol. The highest BCUT2D eigenvalue weighted by Crippen LogP contribution is 2.17. The Morgan fingerprint density at radius 1 is 1.24 bits per heavy atom. The van der Waals surface area contributed by atoms with Crippen LogP contribution in [0.15, 0.2) is 18.2 Å². The highest BCUT2D eigenvalue weighted by Gasteiger charge is 2.22. The van der Waals surface area contributed by atoms with Crippen LogP contribution in [0.25, 0.3) is 0 Å². The Morgan fingerprint density at radius 3 is 2.43 bits per heavy atom. The van der Waals surface area contributed by atoms with E-state index in [0.717, 1.165) is 12.2 Å². The fraction of sp³-hybridized carbons (Fsp3) is 0.588. The van der Waals surface area contributed by atoms with E-state index in [9.17, 15) is 4.79 Å². The van der Waals surface area contributed by atoms with Crippen molar-refractivity contribution in [1.29, 1.82) is 0 Å². The molecule has 0 saturated carbocycles. The molecule has 1 rings (SSSR count). The lowest BCUT2D eigenvalue weighted by Crippen LogP contribution is -2.45. The molecule has 4 heteroatoms. The van der Waals surface area contributed by atoms with Crippen LogP contribution in [0.4, 0.5) is 0 Å². The molecule has 0 aliphatic rings. The number of aliphatic carboxylic acids is 1. The molecule has 0 unspecified atom stereocenters. The molecule has 0 fully saturated rings. The predicted molar refractivity (Wildman–Crippen MR) is 85.0 cm³/mol. The molecule has 118 valence electrons. The quantitative estimate of drug-likeness (QED) is 0.784. The molecule has 0 radical (unpaired) electrons. The summed E-state index contributed by atoms with van der Waals surface area (Å²) in [5.74, 6) is 0.0821. The predicted octanol–water partition coefficient (Wildman–Crippen LogP) is 3.26. The SMILES string of the molecule is Cc1ccc(OCCCN(CC(=O)O)C(C)(C)C)cc1C. The van der Waals surface area contributed by atoms with Crippen molar-refractivity contribution < 1.29 is 14.6 Å². The number of hydrogen-bond acceptors (Lipinski definition) is 3. The summed E-state index contributed by atoms with van der Waals surface area (Å²) in [5, 5.41) is 8.97. The zero-order valence-corrected chi connectivity index (χ0v) is 13.8. The molecule has 1 N–H and O–H groups in total. The molecule has 0 aliphatic heterocycles. The van der Waals surface area contributed by atoms with Gasteiger partial charge in [-0.15, -0.1) is 0 Å². The summed E-state index contributed by atoms with van der Waals surface area (Å²) < 4.78 is 5.74. The third-order valence-corrected chi connectivity index (χ3v) is 3.59. The van der Waals surface area contributed by atoms with Gasteiger partial charge in [0.2, 0.25) is 0 Å². The van der Waals surface area contributed by atoms with Crippen molar-refractivity contribution in [2.75, 3.05) is 19.7 Å². The Morgan fingerprint density at radius 2 is 1.90 bits per heavy atom. The van der Waals surface area contributed by atoms with Crippen LogP contribution in [-0.4, -0.2) is 41.2 Å². The molecular weight excluding hydrogens is 266 g/mol. The van der Waals surface area contributed by atoms with Crippen molar-refractivity contribution >= 4 is 5.97 Å². The van der Waals surface area contributed by atoms with Crippen LogP contribution < -0.4 is 4.74 Å². The minimum Gasteiger partial charge on any atom is -0.494 e. The van der Waals surface area contributed by atoms with E-state index in [0.29, 0.717) is 13.2 Å². The van der Waals surface area contributed by atoms with E-state index in [1.54, 1.807) is 0 Å². The van der Waals surface area contributed by atoms with Gasteiger partial charge in [-0.2, -0.15) is 0 Å². The average Bonchev–Trinajstić information content (AvgIpc) is 2.35. The van der Waals surface area contributed by atoms with E-state index in [2.05, 4.69) is 19.9 Å². The summed E-state index contributed by atoms with van der Waals surface area (Å²) >= 11 is 0. The maximum atomic E-state index is 10.9. The van der Waals surface area contributed by atoms with Gasteiger partial charge in [-0.25, -0.2) is 0 Å². The van der Waals surface area contributed by atoms with Crippen molar-refractivity contribution in [1.82, 2.24) is 4.90 Å². The maximum Gasteiger partial charge on any atom is 0.317 e. The Kier molecular flexibility index (Phi) is 6.21. The summed E-state index contributed by atoms with van der Waals surface area (Å²) in [6.07, 6.45) is 0.803. The number of carbonyl (C=O) groups is 1. The molecule has 1 aromatic carbocycles. The zero-order chi connectivity index (χ0) is 16.0. The number of aryl methyl sites for hydroxylation is 2. The molecule has 0 spiro atoms. The number of hydrogen-bond donors (Lipinski definition) is 1. The van der Waals surface area contributed by atoms with E-state index in [1.165, 1.54) is 11.1 Å². The normalized spacial score (nSPS) is 11.7. The summed E-state index contributed by atoms with van der Waals surface area (Å²) in [6, 6.07) is 6.06. The first-order valence-electron chi connectivity index (χ1n) is 7.37. The highest BCUT2D eigenvalue weighted by atomic mass is 16.5. The third kappa shape index (κ3) is 6.17. The molecule has 4 nitrogen and oxygen atoms in total. The minimum atomic E-state index is -0.792. The molecule has 0 bridgehead atoms. The Hall–Kier alpha value is -1.55. The van der Waals surface area contributed by atoms with Crippen LogP contribution in [-0.2, 0) is 4.79 Å². The molecule has 0 heterocycles. The monoisotopic (exact) mass is 293 g/mol. The van der Waals surface area contributed by atoms with Gasteiger partial charge in [-0.05, 0) is 64.3 Å². The third-order valence-electron chi connectivity index (χ3n) is 3.59. The second-order valence-corrected chi connectivity index (χ2v) is 6.43. The Bertz CT molecular complexity index is 477. The molecule has 0 amide bonds. The molecule has 0 saturated heterocycles. The Balaban J connectivity index is 2.43. The zero-order valence-electron chi connectivity index (χ0n) is 13.8. The highest BCUT2D eigenvalue weighted by molar-refractivity contribution is 5.69. The standard InChI is InChI=1S/C17H27NO3/c1-13-7-8-15(11-14(13)2)21-10-6-9-18(12-16(19)20)17(3,4)5/h7-8,11H,6,9-10,12H2,1-5H3,(H,19,20). The van der Waals surface area contributed by atoms with E-state index < -0.39 is 5.97 Å². The number of nitrogens with zero attached hydrogens (tertiary/aromatic N) is 1. The number of carboxylic acids is 1. The first-order chi connectivity index (χ1) is 9.70. The molecule has 1 aromatic rings. The maximum absolute atomic E-state index is 10.9. The van der Waals surface area contributed by atoms with Crippen LogP contribution in [0.1, 0.15) is 38.3 Å². The van der Waals surface area contributed by atoms with Gasteiger partial charge < -0.3 is 9.84 Å². The van der Waals surface area contributed by atoms with Crippen molar-refractivity contribution in [2.24, 2.45) is 0 Å². The number of ether oxygens (including phenoxy) is 1. The summed E-state index contributed by atoms with van der Waals surface area (Å²) in [5.41, 5.74) is 2.32. The van der Waals surface area contributed by atoms with E-state index >= 15 is 0 Å². The molecule has 0 aliphatic carbocycles.